The van der Waals surface area contributed by atoms with Crippen molar-refractivity contribution >= 4 is 11.9 Å². The van der Waals surface area contributed by atoms with Crippen molar-refractivity contribution in [3.05, 3.63) is 11.6 Å². The van der Waals surface area contributed by atoms with Crippen molar-refractivity contribution in [3.8, 4) is 0 Å². The second-order valence-electron chi connectivity index (χ2n) is 3.03. The number of aliphatic carboxylic acids is 2. The van der Waals surface area contributed by atoms with E-state index in [2.05, 4.69) is 0 Å². The highest BCUT2D eigenvalue weighted by atomic mass is 16.4. The zero-order chi connectivity index (χ0) is 9.30. The van der Waals surface area contributed by atoms with Gasteiger partial charge in [0.1, 0.15) is 0 Å². The summed E-state index contributed by atoms with van der Waals surface area (Å²) in [5, 5.41) is 17.3. The van der Waals surface area contributed by atoms with Crippen LogP contribution in [0.3, 0.4) is 0 Å². The average molecular weight is 170 g/mol. The summed E-state index contributed by atoms with van der Waals surface area (Å²) >= 11 is 0. The smallest absolute Gasteiger partial charge is 0.311 e. The minimum Gasteiger partial charge on any atom is -0.481 e. The van der Waals surface area contributed by atoms with E-state index >= 15 is 0 Å². The lowest BCUT2D eigenvalue weighted by atomic mass is 9.96. The average Bonchev–Trinajstić information content (AvgIpc) is 2.31. The first-order chi connectivity index (χ1) is 5.52. The molecule has 1 aliphatic carbocycles. The van der Waals surface area contributed by atoms with Crippen LogP contribution in [0.15, 0.2) is 11.6 Å². The molecule has 0 aromatic carbocycles. The fourth-order valence-electron chi connectivity index (χ4n) is 1.45. The molecule has 2 N–H and O–H groups in total. The normalized spacial score (nSPS) is 28.2. The highest BCUT2D eigenvalue weighted by Gasteiger charge is 2.36. The van der Waals surface area contributed by atoms with Gasteiger partial charge in [-0.05, 0) is 13.3 Å². The van der Waals surface area contributed by atoms with Crippen molar-refractivity contribution in [3.63, 3.8) is 0 Å². The quantitative estimate of drug-likeness (QED) is 0.599. The molecule has 0 saturated heterocycles. The molecular formula is C8H10O4. The second-order valence-corrected chi connectivity index (χ2v) is 3.03. The molecule has 12 heavy (non-hydrogen) atoms. The predicted octanol–water partition coefficient (Wildman–Crippen LogP) is 0.738. The molecule has 4 nitrogen and oxygen atoms in total. The number of rotatable bonds is 2. The summed E-state index contributed by atoms with van der Waals surface area (Å²) in [6, 6.07) is 0. The molecule has 0 aromatic rings. The van der Waals surface area contributed by atoms with Crippen molar-refractivity contribution in [2.75, 3.05) is 0 Å². The van der Waals surface area contributed by atoms with E-state index in [-0.39, 0.29) is 0 Å². The van der Waals surface area contributed by atoms with Crippen LogP contribution in [0.1, 0.15) is 13.3 Å². The molecule has 0 aromatic heterocycles. The third kappa shape index (κ3) is 1.47. The molecule has 1 aliphatic rings. The number of carboxylic acid groups (broad SMARTS) is 2. The van der Waals surface area contributed by atoms with E-state index in [0.29, 0.717) is 6.42 Å². The Morgan fingerprint density at radius 3 is 2.33 bits per heavy atom. The minimum absolute atomic E-state index is 0.353. The van der Waals surface area contributed by atoms with E-state index in [0.717, 1.165) is 5.57 Å². The Labute approximate surface area is 69.5 Å². The van der Waals surface area contributed by atoms with Crippen LogP contribution < -0.4 is 0 Å². The van der Waals surface area contributed by atoms with E-state index in [1.165, 1.54) is 6.08 Å². The van der Waals surface area contributed by atoms with Crippen molar-refractivity contribution in [2.24, 2.45) is 11.8 Å². The highest BCUT2D eigenvalue weighted by Crippen LogP contribution is 2.30. The molecule has 0 amide bonds. The first-order valence-corrected chi connectivity index (χ1v) is 3.65. The van der Waals surface area contributed by atoms with E-state index in [9.17, 15) is 9.59 Å². The Hall–Kier alpha value is -1.32. The molecule has 0 aliphatic heterocycles. The van der Waals surface area contributed by atoms with Crippen LogP contribution in [0.5, 0.6) is 0 Å². The maximum absolute atomic E-state index is 10.6. The van der Waals surface area contributed by atoms with Crippen molar-refractivity contribution in [1.29, 1.82) is 0 Å². The van der Waals surface area contributed by atoms with Gasteiger partial charge in [-0.2, -0.15) is 0 Å². The van der Waals surface area contributed by atoms with Crippen LogP contribution in [-0.4, -0.2) is 22.2 Å². The van der Waals surface area contributed by atoms with Crippen LogP contribution in [0, 0.1) is 11.8 Å². The Balaban J connectivity index is 2.81. The number of hydrogen-bond donors (Lipinski definition) is 2. The number of carbonyl (C=O) groups is 2. The lowest BCUT2D eigenvalue weighted by Gasteiger charge is -2.09. The molecule has 1 rings (SSSR count). The monoisotopic (exact) mass is 170 g/mol. The van der Waals surface area contributed by atoms with Gasteiger partial charge in [-0.15, -0.1) is 0 Å². The van der Waals surface area contributed by atoms with Crippen LogP contribution in [0.4, 0.5) is 0 Å². The first kappa shape index (κ1) is 8.77. The summed E-state index contributed by atoms with van der Waals surface area (Å²) in [6.45, 7) is 1.75. The Morgan fingerprint density at radius 1 is 1.42 bits per heavy atom. The molecule has 0 bridgehead atoms. The maximum atomic E-state index is 10.6. The summed E-state index contributed by atoms with van der Waals surface area (Å²) in [5.74, 6) is -3.71. The van der Waals surface area contributed by atoms with E-state index < -0.39 is 23.8 Å². The van der Waals surface area contributed by atoms with E-state index in [4.69, 9.17) is 10.2 Å². The lowest BCUT2D eigenvalue weighted by Crippen LogP contribution is -2.24. The Morgan fingerprint density at radius 2 is 2.00 bits per heavy atom. The summed E-state index contributed by atoms with van der Waals surface area (Å²) < 4.78 is 0. The van der Waals surface area contributed by atoms with Gasteiger partial charge in [-0.25, -0.2) is 0 Å². The van der Waals surface area contributed by atoms with E-state index in [1.54, 1.807) is 6.92 Å². The van der Waals surface area contributed by atoms with Gasteiger partial charge >= 0.3 is 11.9 Å². The summed E-state index contributed by atoms with van der Waals surface area (Å²) in [6.07, 6.45) is 1.87. The first-order valence-electron chi connectivity index (χ1n) is 3.65. The molecular weight excluding hydrogens is 160 g/mol. The van der Waals surface area contributed by atoms with Gasteiger partial charge in [0.05, 0.1) is 11.8 Å². The van der Waals surface area contributed by atoms with Gasteiger partial charge in [0.25, 0.3) is 0 Å². The predicted molar refractivity (Wildman–Crippen MR) is 40.6 cm³/mol. The lowest BCUT2D eigenvalue weighted by molar-refractivity contribution is -0.151. The summed E-state index contributed by atoms with van der Waals surface area (Å²) in [7, 11) is 0. The topological polar surface area (TPSA) is 74.6 Å². The van der Waals surface area contributed by atoms with Crippen LogP contribution in [0.2, 0.25) is 0 Å². The molecule has 0 radical (unpaired) electrons. The standard InChI is InChI=1S/C8H10O4/c1-4-2-5(7(9)10)6(3-4)8(11)12/h2,5-6H,3H2,1H3,(H,9,10)(H,11,12)/t5-,6-/m1/s1. The molecule has 2 atom stereocenters. The third-order valence-electron chi connectivity index (χ3n) is 2.04. The van der Waals surface area contributed by atoms with Gasteiger partial charge in [0.2, 0.25) is 0 Å². The molecule has 0 heterocycles. The highest BCUT2D eigenvalue weighted by molar-refractivity contribution is 5.83. The Bertz CT molecular complexity index is 254. The van der Waals surface area contributed by atoms with Crippen molar-refractivity contribution < 1.29 is 19.8 Å². The zero-order valence-electron chi connectivity index (χ0n) is 6.65. The molecule has 0 unspecified atom stereocenters. The van der Waals surface area contributed by atoms with Crippen LogP contribution >= 0.6 is 0 Å². The fraction of sp³-hybridized carbons (Fsp3) is 0.500. The summed E-state index contributed by atoms with van der Waals surface area (Å²) in [4.78, 5) is 21.1. The van der Waals surface area contributed by atoms with Crippen LogP contribution in [-0.2, 0) is 9.59 Å². The molecule has 4 heteroatoms. The molecule has 66 valence electrons. The minimum atomic E-state index is -1.06. The van der Waals surface area contributed by atoms with Gasteiger partial charge in [-0.3, -0.25) is 9.59 Å². The Kier molecular flexibility index (Phi) is 2.17. The number of allylic oxidation sites excluding steroid dienone is 1. The molecule has 0 spiro atoms. The molecule has 0 saturated carbocycles. The van der Waals surface area contributed by atoms with Gasteiger partial charge < -0.3 is 10.2 Å². The second kappa shape index (κ2) is 2.97. The van der Waals surface area contributed by atoms with Crippen LogP contribution in [0.25, 0.3) is 0 Å². The maximum Gasteiger partial charge on any atom is 0.311 e. The van der Waals surface area contributed by atoms with Crippen molar-refractivity contribution in [1.82, 2.24) is 0 Å². The van der Waals surface area contributed by atoms with Gasteiger partial charge in [0, 0.05) is 0 Å². The third-order valence-corrected chi connectivity index (χ3v) is 2.04. The van der Waals surface area contributed by atoms with Crippen molar-refractivity contribution in [2.45, 2.75) is 13.3 Å². The fourth-order valence-corrected chi connectivity index (χ4v) is 1.45. The molecule has 0 fully saturated rings. The SMILES string of the molecule is CC1=C[C@@H](C(=O)O)[C@H](C(=O)O)C1. The van der Waals surface area contributed by atoms with E-state index in [1.807, 2.05) is 0 Å². The number of carboxylic acids is 2. The number of hydrogen-bond acceptors (Lipinski definition) is 2. The largest absolute Gasteiger partial charge is 0.481 e. The summed E-state index contributed by atoms with van der Waals surface area (Å²) in [5.41, 5.74) is 0.842. The van der Waals surface area contributed by atoms with Gasteiger partial charge in [0.15, 0.2) is 0 Å². The van der Waals surface area contributed by atoms with Gasteiger partial charge in [-0.1, -0.05) is 11.6 Å². The zero-order valence-corrected chi connectivity index (χ0v) is 6.65.